The van der Waals surface area contributed by atoms with Crippen molar-refractivity contribution < 1.29 is 24.3 Å². The highest BCUT2D eigenvalue weighted by Gasteiger charge is 2.60. The van der Waals surface area contributed by atoms with Crippen LogP contribution in [0.1, 0.15) is 52.4 Å². The molecule has 1 aromatic rings. The van der Waals surface area contributed by atoms with Crippen LogP contribution >= 0.6 is 11.8 Å². The van der Waals surface area contributed by atoms with Crippen LogP contribution in [0.2, 0.25) is 0 Å². The summed E-state index contributed by atoms with van der Waals surface area (Å²) in [7, 11) is 0. The number of likely N-dealkylation sites (tertiary alicyclic amines) is 1. The summed E-state index contributed by atoms with van der Waals surface area (Å²) in [5.74, 6) is -2.11. The molecule has 6 rings (SSSR count). The van der Waals surface area contributed by atoms with Gasteiger partial charge in [0.05, 0.1) is 18.0 Å². The van der Waals surface area contributed by atoms with Gasteiger partial charge in [0.2, 0.25) is 11.8 Å². The number of tetrazole rings is 1. The first-order chi connectivity index (χ1) is 19.7. The molecule has 0 bridgehead atoms. The number of rotatable bonds is 9. The second kappa shape index (κ2) is 11.1. The number of hydrogen-bond donors (Lipinski definition) is 3. The van der Waals surface area contributed by atoms with E-state index in [0.29, 0.717) is 17.9 Å². The first-order valence-corrected chi connectivity index (χ1v) is 15.5. The molecule has 0 saturated carbocycles. The molecule has 0 aliphatic carbocycles. The summed E-state index contributed by atoms with van der Waals surface area (Å²) in [6.45, 7) is 7.17. The fraction of sp³-hybridized carbons (Fsp3) is 0.741. The first kappa shape index (κ1) is 28.3. The number of carbonyl (C=O) groups is 4. The van der Waals surface area contributed by atoms with E-state index < -0.39 is 11.9 Å². The van der Waals surface area contributed by atoms with E-state index in [0.717, 1.165) is 45.3 Å². The van der Waals surface area contributed by atoms with Crippen LogP contribution in [-0.4, -0.2) is 108 Å². The summed E-state index contributed by atoms with van der Waals surface area (Å²) in [4.78, 5) is 56.1. The number of piperidine rings is 1. The summed E-state index contributed by atoms with van der Waals surface area (Å²) in [5.41, 5.74) is 0.0317. The number of β-lactam (4-membered cyclic amide) rings is 1. The molecule has 14 heteroatoms. The largest absolute Gasteiger partial charge is 0.477 e. The fourth-order valence-electron chi connectivity index (χ4n) is 7.79. The van der Waals surface area contributed by atoms with E-state index in [1.807, 2.05) is 13.8 Å². The van der Waals surface area contributed by atoms with Crippen LogP contribution in [-0.2, 0) is 25.7 Å². The van der Waals surface area contributed by atoms with E-state index in [4.69, 9.17) is 0 Å². The Hall–Kier alpha value is -2.84. The number of aliphatic carboxylic acids is 1. The van der Waals surface area contributed by atoms with Crippen molar-refractivity contribution in [2.45, 2.75) is 81.8 Å². The molecule has 4 fully saturated rings. The predicted molar refractivity (Wildman–Crippen MR) is 148 cm³/mol. The molecular formula is C27H38N8O5S. The van der Waals surface area contributed by atoms with Crippen molar-refractivity contribution in [1.82, 2.24) is 40.6 Å². The number of thioether (sulfide) groups is 1. The van der Waals surface area contributed by atoms with Gasteiger partial charge in [-0.05, 0) is 61.5 Å². The summed E-state index contributed by atoms with van der Waals surface area (Å²) in [5, 5.41) is 27.8. The second-order valence-electron chi connectivity index (χ2n) is 12.3. The Morgan fingerprint density at radius 3 is 2.73 bits per heavy atom. The normalized spacial score (nSPS) is 31.5. The maximum absolute atomic E-state index is 13.6. The fourth-order valence-corrected chi connectivity index (χ4v) is 9.27. The van der Waals surface area contributed by atoms with Crippen molar-refractivity contribution in [3.63, 3.8) is 0 Å². The monoisotopic (exact) mass is 586 g/mol. The van der Waals surface area contributed by atoms with Gasteiger partial charge in [-0.15, -0.1) is 16.9 Å². The van der Waals surface area contributed by atoms with Gasteiger partial charge in [0.1, 0.15) is 18.6 Å². The van der Waals surface area contributed by atoms with Gasteiger partial charge in [0, 0.05) is 41.1 Å². The molecule has 1 spiro atoms. The smallest absolute Gasteiger partial charge is 0.353 e. The Kier molecular flexibility index (Phi) is 7.66. The third-order valence-corrected chi connectivity index (χ3v) is 11.3. The van der Waals surface area contributed by atoms with Crippen molar-refractivity contribution in [1.29, 1.82) is 0 Å². The molecule has 3 N–H and O–H groups in total. The molecule has 5 aliphatic heterocycles. The highest BCUT2D eigenvalue weighted by atomic mass is 32.2. The number of ketones is 1. The predicted octanol–water partition coefficient (Wildman–Crippen LogP) is 0.250. The quantitative estimate of drug-likeness (QED) is 0.340. The van der Waals surface area contributed by atoms with Crippen molar-refractivity contribution in [3.05, 3.63) is 16.9 Å². The summed E-state index contributed by atoms with van der Waals surface area (Å²) < 4.78 is 1.35. The lowest BCUT2D eigenvalue weighted by molar-refractivity contribution is -0.160. The minimum atomic E-state index is -1.11. The van der Waals surface area contributed by atoms with Gasteiger partial charge < -0.3 is 25.5 Å². The molecule has 5 aliphatic rings. The number of amides is 2. The van der Waals surface area contributed by atoms with Gasteiger partial charge in [0.15, 0.2) is 5.78 Å². The van der Waals surface area contributed by atoms with Crippen molar-refractivity contribution in [2.24, 2.45) is 17.8 Å². The Bertz CT molecular complexity index is 1250. The maximum Gasteiger partial charge on any atom is 0.353 e. The van der Waals surface area contributed by atoms with Gasteiger partial charge in [-0.25, -0.2) is 9.48 Å². The van der Waals surface area contributed by atoms with Gasteiger partial charge in [-0.2, -0.15) is 0 Å². The summed E-state index contributed by atoms with van der Waals surface area (Å²) in [6, 6.07) is -0.566. The molecule has 0 radical (unpaired) electrons. The van der Waals surface area contributed by atoms with E-state index in [1.54, 1.807) is 0 Å². The number of carboxylic acids is 1. The maximum atomic E-state index is 13.6. The average Bonchev–Trinajstić information content (AvgIpc) is 3.73. The molecule has 6 atom stereocenters. The third-order valence-electron chi connectivity index (χ3n) is 9.76. The lowest BCUT2D eigenvalue weighted by atomic mass is 9.73. The zero-order chi connectivity index (χ0) is 28.9. The van der Waals surface area contributed by atoms with Crippen LogP contribution in [0.3, 0.4) is 0 Å². The van der Waals surface area contributed by atoms with Crippen LogP contribution in [0, 0.1) is 17.8 Å². The number of nitrogens with one attached hydrogen (secondary N) is 2. The van der Waals surface area contributed by atoms with E-state index in [-0.39, 0.29) is 71.0 Å². The number of carboxylic acid groups (broad SMARTS) is 1. The standard InChI is InChI=1S/C27H38N8O5S/c1-15(10-17(36)13-33-14-30-31-32-33)20-21-16(2)23(22(26(39)40)35(21)25(20)38)41-18-11-19(29-12-18)24(37)34-9-3-4-27(34)5-7-28-8-6-27/h14-16,18-21,28-29H,3-13H2,1-2H3,(H,39,40)/t15-,16+,18-,19?,20+,21+/m0/s1. The van der Waals surface area contributed by atoms with Crippen molar-refractivity contribution in [3.8, 4) is 0 Å². The summed E-state index contributed by atoms with van der Waals surface area (Å²) in [6.07, 6.45) is 6.26. The highest BCUT2D eigenvalue weighted by molar-refractivity contribution is 8.03. The zero-order valence-electron chi connectivity index (χ0n) is 23.5. The second-order valence-corrected chi connectivity index (χ2v) is 13.6. The minimum Gasteiger partial charge on any atom is -0.477 e. The van der Waals surface area contributed by atoms with Crippen molar-refractivity contribution in [2.75, 3.05) is 26.2 Å². The first-order valence-electron chi connectivity index (χ1n) is 14.7. The lowest BCUT2D eigenvalue weighted by Crippen LogP contribution is -2.62. The van der Waals surface area contributed by atoms with E-state index in [1.165, 1.54) is 27.7 Å². The zero-order valence-corrected chi connectivity index (χ0v) is 24.3. The van der Waals surface area contributed by atoms with Crippen LogP contribution in [0.25, 0.3) is 0 Å². The number of aromatic nitrogens is 4. The SMILES string of the molecule is C[C@@H](CC(=O)Cn1cnnn1)[C@H]1C(=O)N2C(C(=O)O)=C(S[C@@H]3CNC(C(=O)N4CCCC45CCNCC5)C3)[C@H](C)[C@H]12. The number of hydrogen-bond acceptors (Lipinski definition) is 10. The average molecular weight is 587 g/mol. The Morgan fingerprint density at radius 1 is 1.24 bits per heavy atom. The molecular weight excluding hydrogens is 548 g/mol. The van der Waals surface area contributed by atoms with Crippen LogP contribution in [0.4, 0.5) is 0 Å². The van der Waals surface area contributed by atoms with E-state index in [9.17, 15) is 24.3 Å². The number of Topliss-reactive ketones (excluding diaryl/α,β-unsaturated/α-hetero) is 1. The molecule has 2 amide bonds. The van der Waals surface area contributed by atoms with Crippen LogP contribution in [0.15, 0.2) is 16.9 Å². The highest BCUT2D eigenvalue weighted by Crippen LogP contribution is 2.53. The van der Waals surface area contributed by atoms with Crippen LogP contribution < -0.4 is 10.6 Å². The van der Waals surface area contributed by atoms with Gasteiger partial charge in [-0.1, -0.05) is 13.8 Å². The molecule has 41 heavy (non-hydrogen) atoms. The molecule has 13 nitrogen and oxygen atoms in total. The molecule has 1 unspecified atom stereocenters. The number of fused-ring (bicyclic) bond motifs is 1. The molecule has 1 aromatic heterocycles. The molecule has 4 saturated heterocycles. The third kappa shape index (κ3) is 4.97. The minimum absolute atomic E-state index is 0.0275. The van der Waals surface area contributed by atoms with Crippen LogP contribution in [0.5, 0.6) is 0 Å². The van der Waals surface area contributed by atoms with E-state index >= 15 is 0 Å². The van der Waals surface area contributed by atoms with Gasteiger partial charge in [-0.3, -0.25) is 14.4 Å². The number of nitrogens with zero attached hydrogens (tertiary/aromatic N) is 6. The Labute approximate surface area is 242 Å². The van der Waals surface area contributed by atoms with Gasteiger partial charge in [0.25, 0.3) is 0 Å². The summed E-state index contributed by atoms with van der Waals surface area (Å²) >= 11 is 1.50. The van der Waals surface area contributed by atoms with E-state index in [2.05, 4.69) is 31.1 Å². The van der Waals surface area contributed by atoms with Crippen molar-refractivity contribution >= 4 is 35.3 Å². The Balaban J connectivity index is 1.10. The number of carbonyl (C=O) groups excluding carboxylic acids is 3. The lowest BCUT2D eigenvalue weighted by Gasteiger charge is -2.47. The molecule has 6 heterocycles. The Morgan fingerprint density at radius 2 is 2.02 bits per heavy atom. The van der Waals surface area contributed by atoms with Gasteiger partial charge >= 0.3 is 5.97 Å². The topological polar surface area (TPSA) is 163 Å². The molecule has 222 valence electrons. The molecule has 0 aromatic carbocycles.